The Balaban J connectivity index is 1.93. The Labute approximate surface area is 136 Å². The van der Waals surface area contributed by atoms with Gasteiger partial charge in [-0.25, -0.2) is 13.4 Å². The van der Waals surface area contributed by atoms with Crippen molar-refractivity contribution in [1.82, 2.24) is 4.98 Å². The molecule has 1 N–H and O–H groups in total. The van der Waals surface area contributed by atoms with Crippen LogP contribution in [0.4, 0.5) is 5.13 Å². The molecule has 0 aliphatic rings. The minimum atomic E-state index is -3.83. The Hall–Kier alpha value is -2.45. The van der Waals surface area contributed by atoms with Gasteiger partial charge in [-0.15, -0.1) is 0 Å². The van der Waals surface area contributed by atoms with Crippen LogP contribution in [0, 0.1) is 6.92 Å². The summed E-state index contributed by atoms with van der Waals surface area (Å²) >= 11 is 1.24. The van der Waals surface area contributed by atoms with E-state index >= 15 is 0 Å². The summed E-state index contributed by atoms with van der Waals surface area (Å²) in [4.78, 5) is 14.9. The molecule has 0 fully saturated rings. The first kappa shape index (κ1) is 15.4. The van der Waals surface area contributed by atoms with E-state index < -0.39 is 16.0 Å². The van der Waals surface area contributed by atoms with E-state index in [-0.39, 0.29) is 15.6 Å². The van der Waals surface area contributed by atoms with Crippen molar-refractivity contribution in [3.05, 3.63) is 53.6 Å². The maximum Gasteiger partial charge on any atom is 0.263 e. The molecule has 0 radical (unpaired) electrons. The van der Waals surface area contributed by atoms with E-state index in [2.05, 4.69) is 9.71 Å². The van der Waals surface area contributed by atoms with Crippen molar-refractivity contribution in [2.75, 3.05) is 4.72 Å². The molecule has 3 rings (SSSR count). The number of rotatable bonds is 4. The minimum absolute atomic E-state index is 0.0431. The number of para-hydroxylation sites is 1. The van der Waals surface area contributed by atoms with Crippen molar-refractivity contribution in [2.45, 2.75) is 11.8 Å². The Bertz CT molecular complexity index is 992. The number of benzene rings is 2. The van der Waals surface area contributed by atoms with Gasteiger partial charge in [-0.3, -0.25) is 4.72 Å². The average Bonchev–Trinajstić information content (AvgIpc) is 2.90. The molecule has 23 heavy (non-hydrogen) atoms. The van der Waals surface area contributed by atoms with Gasteiger partial charge in [0.1, 0.15) is 0 Å². The second-order valence-corrected chi connectivity index (χ2v) is 7.57. The molecule has 0 bridgehead atoms. The largest absolute Gasteiger partial charge is 0.545 e. The summed E-state index contributed by atoms with van der Waals surface area (Å²) in [6.07, 6.45) is 0. The molecule has 0 saturated carbocycles. The number of nitrogens with one attached hydrogen (secondary N) is 1. The zero-order chi connectivity index (χ0) is 16.6. The number of aromatic nitrogens is 1. The lowest BCUT2D eigenvalue weighted by molar-refractivity contribution is -0.255. The minimum Gasteiger partial charge on any atom is -0.545 e. The van der Waals surface area contributed by atoms with E-state index in [0.717, 1.165) is 15.8 Å². The van der Waals surface area contributed by atoms with Crippen molar-refractivity contribution in [1.29, 1.82) is 0 Å². The fourth-order valence-electron chi connectivity index (χ4n) is 2.07. The van der Waals surface area contributed by atoms with Gasteiger partial charge in [0.2, 0.25) is 0 Å². The van der Waals surface area contributed by atoms with E-state index in [1.165, 1.54) is 35.6 Å². The lowest BCUT2D eigenvalue weighted by Crippen LogP contribution is -2.22. The Morgan fingerprint density at radius 1 is 1.17 bits per heavy atom. The molecule has 0 amide bonds. The number of thiazole rings is 1. The van der Waals surface area contributed by atoms with E-state index in [1.807, 2.05) is 25.1 Å². The second kappa shape index (κ2) is 5.64. The smallest absolute Gasteiger partial charge is 0.263 e. The van der Waals surface area contributed by atoms with Gasteiger partial charge in [0.05, 0.1) is 21.1 Å². The molecule has 1 heterocycles. The number of hydrogen-bond donors (Lipinski definition) is 1. The number of fused-ring (bicyclic) bond motifs is 1. The van der Waals surface area contributed by atoms with Crippen molar-refractivity contribution < 1.29 is 18.3 Å². The summed E-state index contributed by atoms with van der Waals surface area (Å²) in [7, 11) is -3.83. The van der Waals surface area contributed by atoms with Crippen molar-refractivity contribution in [3.63, 3.8) is 0 Å². The van der Waals surface area contributed by atoms with Crippen molar-refractivity contribution in [2.24, 2.45) is 0 Å². The molecule has 0 atom stereocenters. The Kier molecular flexibility index (Phi) is 3.78. The predicted molar refractivity (Wildman–Crippen MR) is 85.9 cm³/mol. The number of nitrogens with zero attached hydrogens (tertiary/aromatic N) is 1. The number of sulfonamides is 1. The van der Waals surface area contributed by atoms with Crippen LogP contribution in [0.25, 0.3) is 10.2 Å². The molecule has 6 nitrogen and oxygen atoms in total. The number of aromatic carboxylic acids is 1. The lowest BCUT2D eigenvalue weighted by Gasteiger charge is -2.06. The van der Waals surface area contributed by atoms with E-state index in [4.69, 9.17) is 0 Å². The molecule has 1 aromatic heterocycles. The highest BCUT2D eigenvalue weighted by molar-refractivity contribution is 7.93. The third kappa shape index (κ3) is 3.03. The number of carbonyl (C=O) groups excluding carboxylic acids is 1. The number of aryl methyl sites for hydroxylation is 1. The number of carbonyl (C=O) groups is 1. The van der Waals surface area contributed by atoms with Gasteiger partial charge in [0.25, 0.3) is 10.0 Å². The average molecular weight is 347 g/mol. The molecule has 0 unspecified atom stereocenters. The van der Waals surface area contributed by atoms with Crippen LogP contribution in [0.5, 0.6) is 0 Å². The quantitative estimate of drug-likeness (QED) is 0.775. The van der Waals surface area contributed by atoms with Gasteiger partial charge in [-0.1, -0.05) is 35.6 Å². The van der Waals surface area contributed by atoms with Gasteiger partial charge in [0, 0.05) is 0 Å². The first-order valence-corrected chi connectivity index (χ1v) is 8.87. The summed E-state index contributed by atoms with van der Waals surface area (Å²) in [5.74, 6) is -1.36. The second-order valence-electron chi connectivity index (χ2n) is 4.86. The molecule has 0 aliphatic heterocycles. The topological polar surface area (TPSA) is 99.2 Å². The van der Waals surface area contributed by atoms with Crippen LogP contribution < -0.4 is 9.83 Å². The van der Waals surface area contributed by atoms with Crippen molar-refractivity contribution >= 4 is 42.7 Å². The number of hydrogen-bond acceptors (Lipinski definition) is 6. The van der Waals surface area contributed by atoms with Crippen molar-refractivity contribution in [3.8, 4) is 0 Å². The summed E-state index contributed by atoms with van der Waals surface area (Å²) in [5, 5.41) is 11.0. The predicted octanol–water partition coefficient (Wildman–Crippen LogP) is 1.77. The Morgan fingerprint density at radius 2 is 1.87 bits per heavy atom. The van der Waals surface area contributed by atoms with Crippen LogP contribution >= 0.6 is 11.3 Å². The molecule has 0 spiro atoms. The van der Waals surface area contributed by atoms with Crippen LogP contribution in [0.2, 0.25) is 0 Å². The third-order valence-electron chi connectivity index (χ3n) is 3.24. The standard InChI is InChI=1S/C15H12N2O4S2/c1-9-3-2-4-12-13(9)16-15(22-12)17-23(20,21)11-7-5-10(6-8-11)14(18)19/h2-8H,1H3,(H,16,17)(H,18,19)/p-1. The maximum absolute atomic E-state index is 12.3. The fourth-order valence-corrected chi connectivity index (χ4v) is 4.25. The third-order valence-corrected chi connectivity index (χ3v) is 5.66. The van der Waals surface area contributed by atoms with E-state index in [1.54, 1.807) is 0 Å². The maximum atomic E-state index is 12.3. The summed E-state index contributed by atoms with van der Waals surface area (Å²) in [6, 6.07) is 10.5. The molecule has 0 aliphatic carbocycles. The SMILES string of the molecule is Cc1cccc2sc(NS(=O)(=O)c3ccc(C(=O)[O-])cc3)nc12. The number of anilines is 1. The highest BCUT2D eigenvalue weighted by Gasteiger charge is 2.17. The van der Waals surface area contributed by atoms with Gasteiger partial charge in [0.15, 0.2) is 5.13 Å². The lowest BCUT2D eigenvalue weighted by atomic mass is 10.2. The van der Waals surface area contributed by atoms with Crippen LogP contribution in [0.15, 0.2) is 47.4 Å². The zero-order valence-corrected chi connectivity index (χ0v) is 13.6. The van der Waals surface area contributed by atoms with Crippen LogP contribution in [0.3, 0.4) is 0 Å². The van der Waals surface area contributed by atoms with Crippen LogP contribution in [-0.2, 0) is 10.0 Å². The van der Waals surface area contributed by atoms with Gasteiger partial charge >= 0.3 is 0 Å². The van der Waals surface area contributed by atoms with Gasteiger partial charge < -0.3 is 9.90 Å². The van der Waals surface area contributed by atoms with Crippen LogP contribution in [-0.4, -0.2) is 19.4 Å². The van der Waals surface area contributed by atoms with E-state index in [0.29, 0.717) is 0 Å². The van der Waals surface area contributed by atoms with E-state index in [9.17, 15) is 18.3 Å². The Morgan fingerprint density at radius 3 is 2.48 bits per heavy atom. The summed E-state index contributed by atoms with van der Waals surface area (Å²) in [6.45, 7) is 1.90. The highest BCUT2D eigenvalue weighted by atomic mass is 32.2. The first-order valence-electron chi connectivity index (χ1n) is 6.57. The molecular weight excluding hydrogens is 336 g/mol. The summed E-state index contributed by atoms with van der Waals surface area (Å²) in [5.41, 5.74) is 1.63. The summed E-state index contributed by atoms with van der Waals surface area (Å²) < 4.78 is 28.0. The molecule has 118 valence electrons. The molecule has 0 saturated heterocycles. The first-order chi connectivity index (χ1) is 10.9. The molecule has 3 aromatic rings. The number of carboxylic acids is 1. The monoisotopic (exact) mass is 347 g/mol. The fraction of sp³-hybridized carbons (Fsp3) is 0.0667. The normalized spacial score (nSPS) is 11.5. The zero-order valence-electron chi connectivity index (χ0n) is 11.9. The van der Waals surface area contributed by atoms with Crippen LogP contribution in [0.1, 0.15) is 15.9 Å². The van der Waals surface area contributed by atoms with Gasteiger partial charge in [-0.2, -0.15) is 0 Å². The molecular formula is C15H11N2O4S2-. The molecule has 8 heteroatoms. The number of carboxylic acid groups (broad SMARTS) is 1. The molecule has 2 aromatic carbocycles. The highest BCUT2D eigenvalue weighted by Crippen LogP contribution is 2.29. The van der Waals surface area contributed by atoms with Gasteiger partial charge in [-0.05, 0) is 36.2 Å².